The molecule has 0 atom stereocenters. The van der Waals surface area contributed by atoms with E-state index in [0.29, 0.717) is 23.7 Å². The average Bonchev–Trinajstić information content (AvgIpc) is 2.64. The Morgan fingerprint density at radius 3 is 1.88 bits per heavy atom. The fraction of sp³-hybridized carbons (Fsp3) is 0.286. The number of hydrogen-bond donors (Lipinski definition) is 3. The van der Waals surface area contributed by atoms with Gasteiger partial charge in [-0.1, -0.05) is 72.5 Å². The van der Waals surface area contributed by atoms with Crippen molar-refractivity contribution in [2.24, 2.45) is 0 Å². The number of carbonyl (C=O) groups excluding carboxylic acids is 1. The zero-order valence-corrected chi connectivity index (χ0v) is 15.8. The summed E-state index contributed by atoms with van der Waals surface area (Å²) >= 11 is 0. The summed E-state index contributed by atoms with van der Waals surface area (Å²) in [4.78, 5) is 12.8. The molecule has 26 heavy (non-hydrogen) atoms. The molecule has 2 aromatic carbocycles. The Labute approximate surface area is 161 Å². The quantitative estimate of drug-likeness (QED) is 0.683. The van der Waals surface area contributed by atoms with Crippen molar-refractivity contribution in [1.29, 1.82) is 0 Å². The number of hydrogen-bond acceptors (Lipinski definition) is 3. The smallest absolute Gasteiger partial charge is 0.262 e. The van der Waals surface area contributed by atoms with Crippen molar-refractivity contribution in [3.8, 4) is 11.8 Å². The summed E-state index contributed by atoms with van der Waals surface area (Å²) in [7, 11) is 0. The second-order valence-electron chi connectivity index (χ2n) is 6.01. The molecule has 0 aliphatic carbocycles. The van der Waals surface area contributed by atoms with Crippen LogP contribution in [0.1, 0.15) is 25.0 Å². The van der Waals surface area contributed by atoms with Gasteiger partial charge in [-0.05, 0) is 25.0 Å². The zero-order valence-electron chi connectivity index (χ0n) is 15.0. The van der Waals surface area contributed by atoms with Crippen LogP contribution in [0, 0.1) is 11.8 Å². The molecule has 2 rings (SSSR count). The van der Waals surface area contributed by atoms with Gasteiger partial charge in [-0.15, -0.1) is 12.4 Å². The predicted octanol–water partition coefficient (Wildman–Crippen LogP) is 2.46. The molecule has 138 valence electrons. The Balaban J connectivity index is 0.00000338. The van der Waals surface area contributed by atoms with Gasteiger partial charge in [0.1, 0.15) is 0 Å². The van der Waals surface area contributed by atoms with Crippen molar-refractivity contribution in [1.82, 2.24) is 10.6 Å². The van der Waals surface area contributed by atoms with E-state index in [2.05, 4.69) is 22.5 Å². The third-order valence-corrected chi connectivity index (χ3v) is 3.77. The molecule has 0 aliphatic rings. The lowest BCUT2D eigenvalue weighted by molar-refractivity contribution is -0.136. The first-order valence-electron chi connectivity index (χ1n) is 8.36. The molecule has 2 aromatic rings. The highest BCUT2D eigenvalue weighted by Crippen LogP contribution is 2.29. The third-order valence-electron chi connectivity index (χ3n) is 3.77. The van der Waals surface area contributed by atoms with E-state index in [1.165, 1.54) is 0 Å². The summed E-state index contributed by atoms with van der Waals surface area (Å²) in [6.07, 6.45) is 0. The van der Waals surface area contributed by atoms with Gasteiger partial charge in [0.2, 0.25) is 0 Å². The fourth-order valence-corrected chi connectivity index (χ4v) is 2.42. The van der Waals surface area contributed by atoms with Crippen molar-refractivity contribution in [2.75, 3.05) is 13.1 Å². The van der Waals surface area contributed by atoms with Crippen molar-refractivity contribution >= 4 is 18.3 Å². The molecule has 0 aliphatic heterocycles. The second kappa shape index (κ2) is 10.6. The molecule has 0 fully saturated rings. The van der Waals surface area contributed by atoms with Gasteiger partial charge in [0.25, 0.3) is 5.91 Å². The van der Waals surface area contributed by atoms with E-state index in [0.717, 1.165) is 0 Å². The van der Waals surface area contributed by atoms with Crippen LogP contribution in [-0.4, -0.2) is 30.1 Å². The molecule has 0 aromatic heterocycles. The molecule has 0 unspecified atom stereocenters. The van der Waals surface area contributed by atoms with E-state index < -0.39 is 11.5 Å². The molecular formula is C21H25ClN2O2. The van der Waals surface area contributed by atoms with E-state index in [4.69, 9.17) is 0 Å². The van der Waals surface area contributed by atoms with Crippen LogP contribution in [0.15, 0.2) is 60.7 Å². The monoisotopic (exact) mass is 372 g/mol. The van der Waals surface area contributed by atoms with Crippen molar-refractivity contribution in [3.63, 3.8) is 0 Å². The molecule has 0 bridgehead atoms. The Bertz CT molecular complexity index is 697. The minimum atomic E-state index is -1.75. The van der Waals surface area contributed by atoms with Crippen LogP contribution in [0.4, 0.5) is 0 Å². The summed E-state index contributed by atoms with van der Waals surface area (Å²) in [6, 6.07) is 18.2. The lowest BCUT2D eigenvalue weighted by Gasteiger charge is -2.27. The molecule has 0 spiro atoms. The summed E-state index contributed by atoms with van der Waals surface area (Å²) in [6.45, 7) is 4.84. The van der Waals surface area contributed by atoms with E-state index in [1.54, 1.807) is 48.5 Å². The standard InChI is InChI=1S/C21H24N2O2.ClH/c1-17(2)22-15-9-10-16-23-20(24)21(25,18-11-5-3-6-12-18)19-13-7-4-8-14-19;/h3-8,11-14,17,22,25H,15-16H2,1-2H3,(H,23,24);1H. The van der Waals surface area contributed by atoms with Crippen molar-refractivity contribution in [2.45, 2.75) is 25.5 Å². The number of carbonyl (C=O) groups is 1. The minimum Gasteiger partial charge on any atom is -0.372 e. The number of halogens is 1. The van der Waals surface area contributed by atoms with Crippen LogP contribution in [0.3, 0.4) is 0 Å². The SMILES string of the molecule is CC(C)NCC#CCNC(=O)C(O)(c1ccccc1)c1ccccc1.Cl. The van der Waals surface area contributed by atoms with Gasteiger partial charge in [-0.3, -0.25) is 4.79 Å². The summed E-state index contributed by atoms with van der Waals surface area (Å²) in [5, 5.41) is 17.1. The van der Waals surface area contributed by atoms with Crippen LogP contribution in [-0.2, 0) is 10.4 Å². The third kappa shape index (κ3) is 5.60. The van der Waals surface area contributed by atoms with Crippen molar-refractivity contribution < 1.29 is 9.90 Å². The maximum Gasteiger partial charge on any atom is 0.262 e. The Morgan fingerprint density at radius 2 is 1.42 bits per heavy atom. The van der Waals surface area contributed by atoms with E-state index in [-0.39, 0.29) is 19.0 Å². The average molecular weight is 373 g/mol. The molecule has 1 amide bonds. The van der Waals surface area contributed by atoms with E-state index in [9.17, 15) is 9.90 Å². The number of aliphatic hydroxyl groups is 1. The first-order chi connectivity index (χ1) is 12.0. The summed E-state index contributed by atoms with van der Waals surface area (Å²) in [5.74, 6) is 5.35. The molecule has 4 nitrogen and oxygen atoms in total. The number of amides is 1. The zero-order chi connectivity index (χ0) is 18.1. The summed E-state index contributed by atoms with van der Waals surface area (Å²) < 4.78 is 0. The highest BCUT2D eigenvalue weighted by molar-refractivity contribution is 5.90. The molecule has 3 N–H and O–H groups in total. The molecule has 5 heteroatoms. The van der Waals surface area contributed by atoms with Gasteiger partial charge in [0, 0.05) is 6.04 Å². The van der Waals surface area contributed by atoms with Crippen LogP contribution < -0.4 is 10.6 Å². The summed E-state index contributed by atoms with van der Waals surface area (Å²) in [5.41, 5.74) is -0.707. The van der Waals surface area contributed by atoms with E-state index >= 15 is 0 Å². The lowest BCUT2D eigenvalue weighted by atomic mass is 9.85. The normalized spacial score (nSPS) is 10.5. The van der Waals surface area contributed by atoms with Crippen LogP contribution >= 0.6 is 12.4 Å². The fourth-order valence-electron chi connectivity index (χ4n) is 2.42. The molecule has 0 heterocycles. The lowest BCUT2D eigenvalue weighted by Crippen LogP contribution is -2.45. The maximum absolute atomic E-state index is 12.8. The van der Waals surface area contributed by atoms with E-state index in [1.807, 2.05) is 26.0 Å². The number of nitrogens with one attached hydrogen (secondary N) is 2. The van der Waals surface area contributed by atoms with Gasteiger partial charge in [0.15, 0.2) is 5.60 Å². The molecule has 0 saturated carbocycles. The van der Waals surface area contributed by atoms with Crippen LogP contribution in [0.2, 0.25) is 0 Å². The van der Waals surface area contributed by atoms with Gasteiger partial charge >= 0.3 is 0 Å². The Kier molecular flexibility index (Phi) is 8.87. The van der Waals surface area contributed by atoms with Gasteiger partial charge in [-0.25, -0.2) is 0 Å². The first-order valence-corrected chi connectivity index (χ1v) is 8.36. The number of rotatable bonds is 6. The highest BCUT2D eigenvalue weighted by atomic mass is 35.5. The Hall–Kier alpha value is -2.32. The largest absolute Gasteiger partial charge is 0.372 e. The first kappa shape index (κ1) is 21.7. The predicted molar refractivity (Wildman–Crippen MR) is 107 cm³/mol. The highest BCUT2D eigenvalue weighted by Gasteiger charge is 2.39. The van der Waals surface area contributed by atoms with Crippen LogP contribution in [0.5, 0.6) is 0 Å². The van der Waals surface area contributed by atoms with Gasteiger partial charge < -0.3 is 15.7 Å². The van der Waals surface area contributed by atoms with Crippen LogP contribution in [0.25, 0.3) is 0 Å². The van der Waals surface area contributed by atoms with Crippen molar-refractivity contribution in [3.05, 3.63) is 71.8 Å². The number of benzene rings is 2. The minimum absolute atomic E-state index is 0. The molecular weight excluding hydrogens is 348 g/mol. The maximum atomic E-state index is 12.8. The van der Waals surface area contributed by atoms with Gasteiger partial charge in [0.05, 0.1) is 13.1 Å². The second-order valence-corrected chi connectivity index (χ2v) is 6.01. The molecule has 0 saturated heterocycles. The topological polar surface area (TPSA) is 61.4 Å². The molecule has 0 radical (unpaired) electrons. The van der Waals surface area contributed by atoms with Gasteiger partial charge in [-0.2, -0.15) is 0 Å². The Morgan fingerprint density at radius 1 is 0.962 bits per heavy atom.